The van der Waals surface area contributed by atoms with Gasteiger partial charge >= 0.3 is 0 Å². The van der Waals surface area contributed by atoms with E-state index < -0.39 is 5.41 Å². The Kier molecular flexibility index (Phi) is 3.42. The summed E-state index contributed by atoms with van der Waals surface area (Å²) >= 11 is 0. The van der Waals surface area contributed by atoms with E-state index >= 15 is 0 Å². The van der Waals surface area contributed by atoms with Crippen molar-refractivity contribution in [1.29, 1.82) is 0 Å². The van der Waals surface area contributed by atoms with Crippen molar-refractivity contribution < 1.29 is 19.2 Å². The van der Waals surface area contributed by atoms with Gasteiger partial charge in [0, 0.05) is 45.9 Å². The fourth-order valence-electron chi connectivity index (χ4n) is 3.95. The number of ketones is 2. The highest BCUT2D eigenvalue weighted by Gasteiger charge is 2.59. The number of amides is 2. The van der Waals surface area contributed by atoms with Crippen LogP contribution >= 0.6 is 0 Å². The minimum Gasteiger partial charge on any atom is -0.339 e. The maximum atomic E-state index is 12.9. The molecule has 6 heteroatoms. The highest BCUT2D eigenvalue weighted by Crippen LogP contribution is 2.51. The number of fused-ring (bicyclic) bond motifs is 2. The SMILES string of the molecule is C=C1C(=O)C2(C(=O)N3CCN(C(C)=O)CC3)CC(=O)CC1C2. The highest BCUT2D eigenvalue weighted by atomic mass is 16.2. The van der Waals surface area contributed by atoms with Crippen LogP contribution in [0.4, 0.5) is 0 Å². The Morgan fingerprint density at radius 2 is 1.73 bits per heavy atom. The average Bonchev–Trinajstić information content (AvgIpc) is 2.68. The molecule has 118 valence electrons. The summed E-state index contributed by atoms with van der Waals surface area (Å²) in [6.07, 6.45) is 0.757. The summed E-state index contributed by atoms with van der Waals surface area (Å²) in [6.45, 7) is 7.08. The third kappa shape index (κ3) is 2.09. The number of rotatable bonds is 1. The summed E-state index contributed by atoms with van der Waals surface area (Å²) in [5, 5.41) is 0. The molecule has 2 amide bonds. The van der Waals surface area contributed by atoms with Crippen LogP contribution in [0.1, 0.15) is 26.2 Å². The number of allylic oxidation sites excluding steroid dienone is 1. The van der Waals surface area contributed by atoms with Crippen molar-refractivity contribution in [3.05, 3.63) is 12.2 Å². The van der Waals surface area contributed by atoms with Crippen molar-refractivity contribution in [2.45, 2.75) is 26.2 Å². The minimum absolute atomic E-state index is 0.00705. The molecule has 3 rings (SSSR count). The predicted octanol–water partition coefficient (Wildman–Crippen LogP) is 0.172. The first kappa shape index (κ1) is 14.9. The first-order chi connectivity index (χ1) is 10.3. The van der Waals surface area contributed by atoms with Crippen LogP contribution in [0.5, 0.6) is 0 Å². The lowest BCUT2D eigenvalue weighted by Gasteiger charge is -2.39. The standard InChI is InChI=1S/C16H20N2O4/c1-10-12-7-13(20)9-16(8-12,14(10)21)15(22)18-5-3-17(4-6-18)11(2)19/h12H,1,3-9H2,2H3. The van der Waals surface area contributed by atoms with Gasteiger partial charge in [-0.25, -0.2) is 0 Å². The molecule has 3 aliphatic rings. The molecule has 0 aromatic carbocycles. The summed E-state index contributed by atoms with van der Waals surface area (Å²) < 4.78 is 0. The van der Waals surface area contributed by atoms with Crippen molar-refractivity contribution in [1.82, 2.24) is 9.80 Å². The maximum absolute atomic E-state index is 12.9. The first-order valence-electron chi connectivity index (χ1n) is 7.65. The van der Waals surface area contributed by atoms with Crippen LogP contribution in [0.2, 0.25) is 0 Å². The fourth-order valence-corrected chi connectivity index (χ4v) is 3.95. The Labute approximate surface area is 129 Å². The van der Waals surface area contributed by atoms with E-state index in [4.69, 9.17) is 0 Å². The number of carbonyl (C=O) groups excluding carboxylic acids is 4. The van der Waals surface area contributed by atoms with E-state index in [0.717, 1.165) is 0 Å². The lowest BCUT2D eigenvalue weighted by Crippen LogP contribution is -2.55. The Hall–Kier alpha value is -1.98. The van der Waals surface area contributed by atoms with Gasteiger partial charge in [-0.2, -0.15) is 0 Å². The van der Waals surface area contributed by atoms with Crippen LogP contribution < -0.4 is 0 Å². The van der Waals surface area contributed by atoms with Crippen molar-refractivity contribution in [3.8, 4) is 0 Å². The largest absolute Gasteiger partial charge is 0.339 e. The van der Waals surface area contributed by atoms with Crippen molar-refractivity contribution >= 4 is 23.4 Å². The van der Waals surface area contributed by atoms with Gasteiger partial charge in [-0.3, -0.25) is 19.2 Å². The van der Waals surface area contributed by atoms with E-state index in [0.29, 0.717) is 44.6 Å². The van der Waals surface area contributed by atoms with Gasteiger partial charge in [0.15, 0.2) is 5.78 Å². The van der Waals surface area contributed by atoms with Crippen LogP contribution in [-0.2, 0) is 19.2 Å². The molecule has 2 atom stereocenters. The molecule has 0 radical (unpaired) electrons. The van der Waals surface area contributed by atoms with E-state index in [1.165, 1.54) is 6.92 Å². The normalized spacial score (nSPS) is 31.7. The summed E-state index contributed by atoms with van der Waals surface area (Å²) in [7, 11) is 0. The molecule has 0 aromatic rings. The number of piperazine rings is 1. The van der Waals surface area contributed by atoms with E-state index in [1.807, 2.05) is 0 Å². The third-order valence-corrected chi connectivity index (χ3v) is 5.21. The third-order valence-electron chi connectivity index (χ3n) is 5.21. The van der Waals surface area contributed by atoms with Crippen molar-refractivity contribution in [2.75, 3.05) is 26.2 Å². The van der Waals surface area contributed by atoms with Gasteiger partial charge in [0.25, 0.3) is 0 Å². The van der Waals surface area contributed by atoms with Crippen LogP contribution in [0.15, 0.2) is 12.2 Å². The van der Waals surface area contributed by atoms with Gasteiger partial charge in [-0.05, 0) is 17.9 Å². The molecule has 0 spiro atoms. The molecular formula is C16H20N2O4. The number of Topliss-reactive ketones (excluding diaryl/α,β-unsaturated/α-hetero) is 2. The van der Waals surface area contributed by atoms with Crippen LogP contribution in [0, 0.1) is 11.3 Å². The smallest absolute Gasteiger partial charge is 0.237 e. The summed E-state index contributed by atoms with van der Waals surface area (Å²) in [4.78, 5) is 52.1. The van der Waals surface area contributed by atoms with Gasteiger partial charge in [-0.15, -0.1) is 0 Å². The molecule has 6 nitrogen and oxygen atoms in total. The van der Waals surface area contributed by atoms with Gasteiger partial charge in [0.1, 0.15) is 11.2 Å². The second-order valence-corrected chi connectivity index (χ2v) is 6.56. The second kappa shape index (κ2) is 5.04. The van der Waals surface area contributed by atoms with Gasteiger partial charge in [0.2, 0.25) is 11.8 Å². The molecular weight excluding hydrogens is 284 g/mol. The van der Waals surface area contributed by atoms with Crippen LogP contribution in [0.3, 0.4) is 0 Å². The van der Waals surface area contributed by atoms with Crippen molar-refractivity contribution in [3.63, 3.8) is 0 Å². The van der Waals surface area contributed by atoms with Gasteiger partial charge < -0.3 is 9.80 Å². The van der Waals surface area contributed by atoms with E-state index in [2.05, 4.69) is 6.58 Å². The van der Waals surface area contributed by atoms with Crippen LogP contribution in [-0.4, -0.2) is 59.4 Å². The minimum atomic E-state index is -1.21. The number of hydrogen-bond donors (Lipinski definition) is 0. The molecule has 1 saturated heterocycles. The maximum Gasteiger partial charge on any atom is 0.237 e. The predicted molar refractivity (Wildman–Crippen MR) is 77.8 cm³/mol. The topological polar surface area (TPSA) is 74.8 Å². The molecule has 2 bridgehead atoms. The highest BCUT2D eigenvalue weighted by molar-refractivity contribution is 6.19. The van der Waals surface area contributed by atoms with E-state index in [9.17, 15) is 19.2 Å². The molecule has 0 N–H and O–H groups in total. The summed E-state index contributed by atoms with van der Waals surface area (Å²) in [6, 6.07) is 0. The zero-order valence-corrected chi connectivity index (χ0v) is 12.8. The second-order valence-electron chi connectivity index (χ2n) is 6.56. The molecule has 22 heavy (non-hydrogen) atoms. The summed E-state index contributed by atoms with van der Waals surface area (Å²) in [5.41, 5.74) is -0.781. The Bertz CT molecular complexity index is 589. The van der Waals surface area contributed by atoms with E-state index in [-0.39, 0.29) is 35.7 Å². The summed E-state index contributed by atoms with van der Waals surface area (Å²) in [5.74, 6) is -0.710. The number of nitrogens with zero attached hydrogens (tertiary/aromatic N) is 2. The quantitative estimate of drug-likeness (QED) is 0.511. The lowest BCUT2D eigenvalue weighted by atomic mass is 9.73. The fraction of sp³-hybridized carbons (Fsp3) is 0.625. The zero-order valence-electron chi connectivity index (χ0n) is 12.8. The van der Waals surface area contributed by atoms with Crippen molar-refractivity contribution in [2.24, 2.45) is 11.3 Å². The van der Waals surface area contributed by atoms with Crippen LogP contribution in [0.25, 0.3) is 0 Å². The molecule has 0 aromatic heterocycles. The van der Waals surface area contributed by atoms with Gasteiger partial charge in [-0.1, -0.05) is 6.58 Å². The Morgan fingerprint density at radius 3 is 2.32 bits per heavy atom. The molecule has 2 aliphatic carbocycles. The molecule has 2 unspecified atom stereocenters. The monoisotopic (exact) mass is 304 g/mol. The molecule has 2 saturated carbocycles. The van der Waals surface area contributed by atoms with E-state index in [1.54, 1.807) is 9.80 Å². The molecule has 3 fully saturated rings. The zero-order chi connectivity index (χ0) is 16.1. The Balaban J connectivity index is 1.80. The number of carbonyl (C=O) groups is 4. The molecule has 1 heterocycles. The van der Waals surface area contributed by atoms with Gasteiger partial charge in [0.05, 0.1) is 0 Å². The molecule has 1 aliphatic heterocycles. The number of hydrogen-bond acceptors (Lipinski definition) is 4. The first-order valence-corrected chi connectivity index (χ1v) is 7.65. The Morgan fingerprint density at radius 1 is 1.14 bits per heavy atom. The lowest BCUT2D eigenvalue weighted by molar-refractivity contribution is -0.154. The average molecular weight is 304 g/mol.